The smallest absolute Gasteiger partial charge is 0.328 e. The van der Waals surface area contributed by atoms with E-state index in [1.807, 2.05) is 18.3 Å². The van der Waals surface area contributed by atoms with Gasteiger partial charge in [0.25, 0.3) is 0 Å². The number of rotatable bonds is 5. The van der Waals surface area contributed by atoms with Crippen molar-refractivity contribution in [3.63, 3.8) is 0 Å². The Bertz CT molecular complexity index is 1090. The molecule has 0 radical (unpaired) electrons. The number of aliphatic carboxylic acids is 1. The summed E-state index contributed by atoms with van der Waals surface area (Å²) in [6, 6.07) is 12.8. The van der Waals surface area contributed by atoms with Crippen LogP contribution in [0, 0.1) is 5.92 Å². The molecule has 0 fully saturated rings. The van der Waals surface area contributed by atoms with E-state index in [4.69, 9.17) is 5.11 Å². The number of nitrogens with zero attached hydrogens (tertiary/aromatic N) is 2. The lowest BCUT2D eigenvalue weighted by atomic mass is 9.77. The van der Waals surface area contributed by atoms with E-state index in [9.17, 15) is 4.79 Å². The van der Waals surface area contributed by atoms with Crippen molar-refractivity contribution in [3.8, 4) is 0 Å². The molecule has 0 saturated heterocycles. The summed E-state index contributed by atoms with van der Waals surface area (Å²) >= 11 is 0. The summed E-state index contributed by atoms with van der Waals surface area (Å²) in [7, 11) is 0. The van der Waals surface area contributed by atoms with Gasteiger partial charge in [-0.15, -0.1) is 0 Å². The number of fused-ring (bicyclic) bond motifs is 3. The number of carboxylic acid groups (broad SMARTS) is 1. The predicted octanol–water partition coefficient (Wildman–Crippen LogP) is 5.04. The highest BCUT2D eigenvalue weighted by atomic mass is 16.4. The normalized spacial score (nSPS) is 18.9. The van der Waals surface area contributed by atoms with E-state index in [-0.39, 0.29) is 11.6 Å². The maximum absolute atomic E-state index is 10.8. The second-order valence-electron chi connectivity index (χ2n) is 9.24. The Morgan fingerprint density at radius 1 is 1.27 bits per heavy atom. The van der Waals surface area contributed by atoms with Crippen molar-refractivity contribution in [1.29, 1.82) is 0 Å². The van der Waals surface area contributed by atoms with Crippen molar-refractivity contribution in [3.05, 3.63) is 70.9 Å². The molecule has 1 aromatic heterocycles. The van der Waals surface area contributed by atoms with Crippen LogP contribution in [0.5, 0.6) is 0 Å². The van der Waals surface area contributed by atoms with E-state index in [0.717, 1.165) is 24.0 Å². The molecule has 1 aliphatic heterocycles. The van der Waals surface area contributed by atoms with Gasteiger partial charge in [-0.3, -0.25) is 10.00 Å². The van der Waals surface area contributed by atoms with Crippen LogP contribution in [0.4, 0.5) is 0 Å². The second-order valence-corrected chi connectivity index (χ2v) is 9.24. The van der Waals surface area contributed by atoms with Crippen LogP contribution in [0.15, 0.2) is 48.7 Å². The molecule has 2 N–H and O–H groups in total. The molecule has 0 amide bonds. The zero-order valence-corrected chi connectivity index (χ0v) is 18.0. The monoisotopic (exact) mass is 403 g/mol. The molecule has 0 unspecified atom stereocenters. The van der Waals surface area contributed by atoms with E-state index < -0.39 is 5.97 Å². The molecule has 3 aromatic rings. The number of carboxylic acids is 1. The largest absolute Gasteiger partial charge is 0.478 e. The molecular formula is C25H29N3O2. The summed E-state index contributed by atoms with van der Waals surface area (Å²) in [5.74, 6) is -0.391. The summed E-state index contributed by atoms with van der Waals surface area (Å²) in [4.78, 5) is 13.4. The average molecular weight is 404 g/mol. The van der Waals surface area contributed by atoms with Crippen molar-refractivity contribution >= 4 is 22.9 Å². The van der Waals surface area contributed by atoms with Gasteiger partial charge in [-0.2, -0.15) is 5.10 Å². The van der Waals surface area contributed by atoms with Crippen LogP contribution in [-0.2, 0) is 11.2 Å². The van der Waals surface area contributed by atoms with Gasteiger partial charge in [0, 0.05) is 23.5 Å². The fraction of sp³-hybridized carbons (Fsp3) is 0.360. The molecule has 0 saturated carbocycles. The van der Waals surface area contributed by atoms with Crippen LogP contribution in [0.1, 0.15) is 56.0 Å². The van der Waals surface area contributed by atoms with Gasteiger partial charge < -0.3 is 5.11 Å². The molecule has 30 heavy (non-hydrogen) atoms. The first-order valence-electron chi connectivity index (χ1n) is 10.5. The Morgan fingerprint density at radius 2 is 2.00 bits per heavy atom. The Morgan fingerprint density at radius 3 is 2.67 bits per heavy atom. The maximum atomic E-state index is 10.8. The van der Waals surface area contributed by atoms with Gasteiger partial charge in [0.15, 0.2) is 0 Å². The minimum Gasteiger partial charge on any atom is -0.478 e. The first-order valence-corrected chi connectivity index (χ1v) is 10.5. The van der Waals surface area contributed by atoms with Gasteiger partial charge in [-0.05, 0) is 60.6 Å². The number of aromatic nitrogens is 2. The lowest BCUT2D eigenvalue weighted by molar-refractivity contribution is -0.131. The summed E-state index contributed by atoms with van der Waals surface area (Å²) in [6.07, 6.45) is 5.72. The predicted molar refractivity (Wildman–Crippen MR) is 120 cm³/mol. The van der Waals surface area contributed by atoms with E-state index in [2.05, 4.69) is 67.1 Å². The van der Waals surface area contributed by atoms with Crippen LogP contribution in [-0.4, -0.2) is 38.3 Å². The molecule has 1 atom stereocenters. The van der Waals surface area contributed by atoms with Crippen LogP contribution in [0.3, 0.4) is 0 Å². The Labute approximate surface area is 177 Å². The molecule has 156 valence electrons. The maximum Gasteiger partial charge on any atom is 0.328 e. The minimum absolute atomic E-state index is 0.00459. The Balaban J connectivity index is 1.84. The standard InChI is InChI=1S/C25H29N3O2/c1-16(2)15-28-24(18-8-5-17(6-9-18)7-12-23(29)30)19-10-11-22-21(14-26-27-22)20(19)13-25(28,3)4/h5-12,14,16,24H,13,15H2,1-4H3,(H,26,27)(H,29,30)/b12-7+/t24-/m1/s1. The summed E-state index contributed by atoms with van der Waals surface area (Å²) in [6.45, 7) is 10.2. The zero-order chi connectivity index (χ0) is 21.5. The number of aromatic amines is 1. The third-order valence-corrected chi connectivity index (χ3v) is 6.00. The van der Waals surface area contributed by atoms with Crippen LogP contribution in [0.25, 0.3) is 17.0 Å². The highest BCUT2D eigenvalue weighted by Gasteiger charge is 2.41. The fourth-order valence-corrected chi connectivity index (χ4v) is 4.66. The molecule has 4 rings (SSSR count). The number of hydrogen-bond donors (Lipinski definition) is 2. The lowest BCUT2D eigenvalue weighted by Gasteiger charge is -2.50. The molecule has 0 bridgehead atoms. The van der Waals surface area contributed by atoms with Gasteiger partial charge >= 0.3 is 5.97 Å². The highest BCUT2D eigenvalue weighted by molar-refractivity contribution is 5.85. The van der Waals surface area contributed by atoms with Crippen LogP contribution < -0.4 is 0 Å². The molecule has 0 spiro atoms. The number of nitrogens with one attached hydrogen (secondary N) is 1. The first kappa shape index (κ1) is 20.4. The Kier molecular flexibility index (Phi) is 5.24. The Hall–Kier alpha value is -2.92. The molecule has 1 aliphatic rings. The van der Waals surface area contributed by atoms with E-state index >= 15 is 0 Å². The number of benzene rings is 2. The topological polar surface area (TPSA) is 69.2 Å². The van der Waals surface area contributed by atoms with Crippen molar-refractivity contribution in [2.45, 2.75) is 45.7 Å². The third kappa shape index (κ3) is 3.77. The van der Waals surface area contributed by atoms with Crippen molar-refractivity contribution in [2.75, 3.05) is 6.54 Å². The zero-order valence-electron chi connectivity index (χ0n) is 18.0. The quantitative estimate of drug-likeness (QED) is 0.586. The molecule has 2 aromatic carbocycles. The van der Waals surface area contributed by atoms with Crippen LogP contribution in [0.2, 0.25) is 0 Å². The van der Waals surface area contributed by atoms with Crippen molar-refractivity contribution in [2.24, 2.45) is 5.92 Å². The summed E-state index contributed by atoms with van der Waals surface area (Å²) in [5, 5.41) is 17.5. The molecule has 0 aliphatic carbocycles. The minimum atomic E-state index is -0.936. The SMILES string of the molecule is CC(C)CN1[C@H](c2ccc(/C=C/C(=O)O)cc2)c2ccc3[nH]ncc3c2CC1(C)C. The van der Waals surface area contributed by atoms with Gasteiger partial charge in [0.2, 0.25) is 0 Å². The van der Waals surface area contributed by atoms with Gasteiger partial charge in [-0.1, -0.05) is 44.2 Å². The fourth-order valence-electron chi connectivity index (χ4n) is 4.66. The summed E-state index contributed by atoms with van der Waals surface area (Å²) in [5.41, 5.74) is 5.88. The van der Waals surface area contributed by atoms with Gasteiger partial charge in [0.05, 0.1) is 17.8 Å². The number of carbonyl (C=O) groups is 1. The van der Waals surface area contributed by atoms with E-state index in [0.29, 0.717) is 5.92 Å². The first-order chi connectivity index (χ1) is 14.3. The number of H-pyrrole nitrogens is 1. The van der Waals surface area contributed by atoms with Crippen LogP contribution >= 0.6 is 0 Å². The molecule has 5 nitrogen and oxygen atoms in total. The molecule has 2 heterocycles. The molecular weight excluding hydrogens is 374 g/mol. The van der Waals surface area contributed by atoms with Crippen molar-refractivity contribution < 1.29 is 9.90 Å². The third-order valence-electron chi connectivity index (χ3n) is 6.00. The van der Waals surface area contributed by atoms with E-state index in [1.165, 1.54) is 28.2 Å². The van der Waals surface area contributed by atoms with Crippen molar-refractivity contribution in [1.82, 2.24) is 15.1 Å². The second kappa shape index (κ2) is 7.73. The van der Waals surface area contributed by atoms with Gasteiger partial charge in [0.1, 0.15) is 0 Å². The van der Waals surface area contributed by atoms with E-state index in [1.54, 1.807) is 6.08 Å². The lowest BCUT2D eigenvalue weighted by Crippen LogP contribution is -2.52. The molecule has 5 heteroatoms. The summed E-state index contributed by atoms with van der Waals surface area (Å²) < 4.78 is 0. The van der Waals surface area contributed by atoms with Gasteiger partial charge in [-0.25, -0.2) is 4.79 Å². The number of hydrogen-bond acceptors (Lipinski definition) is 3. The average Bonchev–Trinajstić information content (AvgIpc) is 3.16. The highest BCUT2D eigenvalue weighted by Crippen LogP contribution is 2.44.